The Hall–Kier alpha value is -3.26. The fraction of sp³-hybridized carbons (Fsp3) is 0.364. The largest absolute Gasteiger partial charge is 0.495 e. The quantitative estimate of drug-likeness (QED) is 0.557. The molecule has 8 heteroatoms. The summed E-state index contributed by atoms with van der Waals surface area (Å²) in [5, 5.41) is 4.26. The van der Waals surface area contributed by atoms with E-state index in [0.29, 0.717) is 18.0 Å². The molecular formula is C22H25N5O3. The fourth-order valence-electron chi connectivity index (χ4n) is 4.13. The van der Waals surface area contributed by atoms with Gasteiger partial charge in [-0.05, 0) is 37.5 Å². The standard InChI is InChI=1S/C22H25N5O3/c1-29-19-12-23-13-20(30-2)22(19)18-8-4-7-17(15-28)26(18)14-16-6-3-9-21(25-16)27-11-5-10-24-27/h3,5-6,9-13,15,17-18H,4,7-8,14H2,1-2H3. The number of ether oxygens (including phenoxy) is 2. The van der Waals surface area contributed by atoms with Crippen molar-refractivity contribution in [3.8, 4) is 17.3 Å². The van der Waals surface area contributed by atoms with Gasteiger partial charge in [0.1, 0.15) is 17.8 Å². The molecule has 8 nitrogen and oxygen atoms in total. The predicted molar refractivity (Wildman–Crippen MR) is 111 cm³/mol. The molecule has 0 aromatic carbocycles. The Morgan fingerprint density at radius 1 is 1.13 bits per heavy atom. The summed E-state index contributed by atoms with van der Waals surface area (Å²) in [7, 11) is 3.25. The van der Waals surface area contributed by atoms with E-state index in [1.165, 1.54) is 0 Å². The number of likely N-dealkylation sites (tertiary alicyclic amines) is 1. The van der Waals surface area contributed by atoms with Crippen LogP contribution in [-0.4, -0.2) is 51.2 Å². The van der Waals surface area contributed by atoms with Crippen LogP contribution in [0.15, 0.2) is 49.1 Å². The molecule has 4 rings (SSSR count). The Labute approximate surface area is 175 Å². The van der Waals surface area contributed by atoms with Crippen molar-refractivity contribution >= 4 is 6.29 Å². The molecule has 1 aliphatic heterocycles. The average Bonchev–Trinajstić information content (AvgIpc) is 3.34. The lowest BCUT2D eigenvalue weighted by Gasteiger charge is -2.40. The molecule has 0 spiro atoms. The number of aromatic nitrogens is 4. The van der Waals surface area contributed by atoms with E-state index in [0.717, 1.165) is 42.6 Å². The van der Waals surface area contributed by atoms with E-state index in [1.54, 1.807) is 37.5 Å². The Kier molecular flexibility index (Phi) is 6.04. The van der Waals surface area contributed by atoms with Crippen LogP contribution in [0.4, 0.5) is 0 Å². The molecule has 0 aliphatic carbocycles. The van der Waals surface area contributed by atoms with E-state index in [2.05, 4.69) is 15.0 Å². The number of aldehydes is 1. The Morgan fingerprint density at radius 3 is 2.60 bits per heavy atom. The molecule has 1 fully saturated rings. The van der Waals surface area contributed by atoms with Gasteiger partial charge in [-0.15, -0.1) is 0 Å². The summed E-state index contributed by atoms with van der Waals surface area (Å²) >= 11 is 0. The van der Waals surface area contributed by atoms with Crippen LogP contribution in [0.1, 0.15) is 36.6 Å². The van der Waals surface area contributed by atoms with Crippen LogP contribution in [0, 0.1) is 0 Å². The van der Waals surface area contributed by atoms with E-state index >= 15 is 0 Å². The predicted octanol–water partition coefficient (Wildman–Crippen LogP) is 2.97. The van der Waals surface area contributed by atoms with Gasteiger partial charge in [-0.1, -0.05) is 6.07 Å². The summed E-state index contributed by atoms with van der Waals surface area (Å²) < 4.78 is 12.9. The molecular weight excluding hydrogens is 382 g/mol. The highest BCUT2D eigenvalue weighted by atomic mass is 16.5. The van der Waals surface area contributed by atoms with Crippen molar-refractivity contribution in [1.82, 2.24) is 24.6 Å². The van der Waals surface area contributed by atoms with Gasteiger partial charge in [-0.3, -0.25) is 9.88 Å². The third-order valence-corrected chi connectivity index (χ3v) is 5.52. The summed E-state index contributed by atoms with van der Waals surface area (Å²) in [6.07, 6.45) is 10.6. The number of pyridine rings is 2. The number of hydrogen-bond donors (Lipinski definition) is 0. The minimum Gasteiger partial charge on any atom is -0.495 e. The number of carbonyl (C=O) groups is 1. The van der Waals surface area contributed by atoms with Crippen molar-refractivity contribution in [2.24, 2.45) is 0 Å². The van der Waals surface area contributed by atoms with Crippen molar-refractivity contribution in [3.05, 3.63) is 60.3 Å². The third-order valence-electron chi connectivity index (χ3n) is 5.52. The molecule has 2 atom stereocenters. The first-order chi connectivity index (χ1) is 14.7. The number of methoxy groups -OCH3 is 2. The van der Waals surface area contributed by atoms with Crippen molar-refractivity contribution in [2.45, 2.75) is 37.9 Å². The van der Waals surface area contributed by atoms with Gasteiger partial charge in [-0.2, -0.15) is 5.10 Å². The first-order valence-electron chi connectivity index (χ1n) is 9.98. The van der Waals surface area contributed by atoms with Crippen molar-refractivity contribution < 1.29 is 14.3 Å². The lowest BCUT2D eigenvalue weighted by Crippen LogP contribution is -2.42. The molecule has 30 heavy (non-hydrogen) atoms. The fourth-order valence-corrected chi connectivity index (χ4v) is 4.13. The van der Waals surface area contributed by atoms with Crippen molar-refractivity contribution in [2.75, 3.05) is 14.2 Å². The molecule has 3 aromatic heterocycles. The number of hydrogen-bond acceptors (Lipinski definition) is 7. The molecule has 3 aromatic rings. The zero-order valence-electron chi connectivity index (χ0n) is 17.1. The molecule has 1 saturated heterocycles. The Bertz CT molecular complexity index is 970. The zero-order chi connectivity index (χ0) is 20.9. The molecule has 0 saturated carbocycles. The van der Waals surface area contributed by atoms with Crippen LogP contribution < -0.4 is 9.47 Å². The van der Waals surface area contributed by atoms with E-state index < -0.39 is 0 Å². The maximum atomic E-state index is 11.9. The number of piperidine rings is 1. The third kappa shape index (κ3) is 3.91. The van der Waals surface area contributed by atoms with Crippen LogP contribution in [0.5, 0.6) is 11.5 Å². The molecule has 0 bridgehead atoms. The summed E-state index contributed by atoms with van der Waals surface area (Å²) in [5.41, 5.74) is 1.79. The summed E-state index contributed by atoms with van der Waals surface area (Å²) in [6.45, 7) is 0.526. The lowest BCUT2D eigenvalue weighted by molar-refractivity contribution is -0.115. The highest BCUT2D eigenvalue weighted by Gasteiger charge is 2.35. The van der Waals surface area contributed by atoms with Gasteiger partial charge in [0.15, 0.2) is 5.82 Å². The molecule has 0 N–H and O–H groups in total. The molecule has 0 amide bonds. The van der Waals surface area contributed by atoms with E-state index in [-0.39, 0.29) is 12.1 Å². The van der Waals surface area contributed by atoms with Gasteiger partial charge in [0.25, 0.3) is 0 Å². The summed E-state index contributed by atoms with van der Waals surface area (Å²) in [4.78, 5) is 23.1. The second-order valence-corrected chi connectivity index (χ2v) is 7.22. The van der Waals surface area contributed by atoms with Crippen LogP contribution in [0.3, 0.4) is 0 Å². The number of rotatable bonds is 7. The van der Waals surface area contributed by atoms with Gasteiger partial charge in [0, 0.05) is 25.0 Å². The molecule has 2 unspecified atom stereocenters. The Balaban J connectivity index is 1.71. The smallest absolute Gasteiger partial charge is 0.153 e. The summed E-state index contributed by atoms with van der Waals surface area (Å²) in [6, 6.07) is 7.46. The number of nitrogens with zero attached hydrogens (tertiary/aromatic N) is 5. The SMILES string of the molecule is COc1cncc(OC)c1C1CCCC(C=O)N1Cc1cccc(-n2cccn2)n1. The molecule has 4 heterocycles. The maximum Gasteiger partial charge on any atom is 0.153 e. The van der Waals surface area contributed by atoms with Crippen LogP contribution in [0.2, 0.25) is 0 Å². The van der Waals surface area contributed by atoms with Crippen LogP contribution in [-0.2, 0) is 11.3 Å². The first-order valence-corrected chi connectivity index (χ1v) is 9.98. The molecule has 1 aliphatic rings. The van der Waals surface area contributed by atoms with Crippen LogP contribution in [0.25, 0.3) is 5.82 Å². The summed E-state index contributed by atoms with van der Waals surface area (Å²) in [5.74, 6) is 2.07. The Morgan fingerprint density at radius 2 is 1.93 bits per heavy atom. The number of carbonyl (C=O) groups excluding carboxylic acids is 1. The van der Waals surface area contributed by atoms with Gasteiger partial charge in [-0.25, -0.2) is 9.67 Å². The second kappa shape index (κ2) is 9.04. The van der Waals surface area contributed by atoms with Gasteiger partial charge >= 0.3 is 0 Å². The van der Waals surface area contributed by atoms with Crippen molar-refractivity contribution in [3.63, 3.8) is 0 Å². The van der Waals surface area contributed by atoms with Crippen molar-refractivity contribution in [1.29, 1.82) is 0 Å². The molecule has 0 radical (unpaired) electrons. The zero-order valence-corrected chi connectivity index (χ0v) is 17.1. The van der Waals surface area contributed by atoms with E-state index in [4.69, 9.17) is 14.5 Å². The van der Waals surface area contributed by atoms with Gasteiger partial charge < -0.3 is 14.3 Å². The average molecular weight is 407 g/mol. The van der Waals surface area contributed by atoms with Crippen LogP contribution >= 0.6 is 0 Å². The highest BCUT2D eigenvalue weighted by Crippen LogP contribution is 2.43. The lowest BCUT2D eigenvalue weighted by atomic mass is 9.90. The first kappa shape index (κ1) is 20.0. The monoisotopic (exact) mass is 407 g/mol. The normalized spacial score (nSPS) is 19.4. The second-order valence-electron chi connectivity index (χ2n) is 7.22. The van der Waals surface area contributed by atoms with E-state index in [9.17, 15) is 4.79 Å². The maximum absolute atomic E-state index is 11.9. The van der Waals surface area contributed by atoms with Gasteiger partial charge in [0.2, 0.25) is 0 Å². The minimum absolute atomic E-state index is 0.0444. The molecule has 156 valence electrons. The topological polar surface area (TPSA) is 82.4 Å². The highest BCUT2D eigenvalue weighted by molar-refractivity contribution is 5.58. The van der Waals surface area contributed by atoms with E-state index in [1.807, 2.05) is 30.5 Å². The van der Waals surface area contributed by atoms with Gasteiger partial charge in [0.05, 0.1) is 43.9 Å². The minimum atomic E-state index is -0.207.